The molecule has 2 aliphatic rings. The average Bonchev–Trinajstić information content (AvgIpc) is 3.27. The van der Waals surface area contributed by atoms with Crippen molar-refractivity contribution in [2.24, 2.45) is 0 Å². The summed E-state index contributed by atoms with van der Waals surface area (Å²) < 4.78 is 0. The largest absolute Gasteiger partial charge is 0.481 e. The van der Waals surface area contributed by atoms with E-state index in [0.29, 0.717) is 24.8 Å². The van der Waals surface area contributed by atoms with Crippen LogP contribution in [0.1, 0.15) is 36.8 Å². The maximum Gasteiger partial charge on any atom is 0.321 e. The van der Waals surface area contributed by atoms with E-state index in [1.165, 1.54) is 0 Å². The molecule has 0 aliphatic carbocycles. The molecule has 0 spiro atoms. The molecule has 0 aromatic heterocycles. The molecular formula is C24H28N2O3S. The van der Waals surface area contributed by atoms with Crippen LogP contribution in [0.4, 0.5) is 4.79 Å². The molecular weight excluding hydrogens is 396 g/mol. The van der Waals surface area contributed by atoms with Crippen molar-refractivity contribution in [2.75, 3.05) is 5.75 Å². The fourth-order valence-corrected chi connectivity index (χ4v) is 6.26. The summed E-state index contributed by atoms with van der Waals surface area (Å²) in [6.07, 6.45) is 2.76. The van der Waals surface area contributed by atoms with Gasteiger partial charge in [0.25, 0.3) is 0 Å². The van der Waals surface area contributed by atoms with Crippen molar-refractivity contribution in [1.82, 2.24) is 9.80 Å². The Morgan fingerprint density at radius 1 is 0.933 bits per heavy atom. The number of benzene rings is 2. The van der Waals surface area contributed by atoms with Crippen LogP contribution in [0, 0.1) is 0 Å². The second-order valence-corrected chi connectivity index (χ2v) is 9.35. The Balaban J connectivity index is 1.51. The number of carbonyl (C=O) groups excluding carboxylic acids is 1. The van der Waals surface area contributed by atoms with Gasteiger partial charge in [-0.1, -0.05) is 67.1 Å². The molecule has 1 unspecified atom stereocenters. The van der Waals surface area contributed by atoms with Gasteiger partial charge >= 0.3 is 12.0 Å². The van der Waals surface area contributed by atoms with E-state index in [-0.39, 0.29) is 24.5 Å². The van der Waals surface area contributed by atoms with Crippen molar-refractivity contribution in [3.05, 3.63) is 71.8 Å². The molecule has 2 saturated heterocycles. The van der Waals surface area contributed by atoms with Crippen LogP contribution in [0.2, 0.25) is 0 Å². The van der Waals surface area contributed by atoms with Crippen molar-refractivity contribution in [1.29, 1.82) is 0 Å². The number of aliphatic carboxylic acids is 1. The molecule has 3 atom stereocenters. The molecule has 0 saturated carbocycles. The molecule has 2 fully saturated rings. The van der Waals surface area contributed by atoms with Gasteiger partial charge in [0.1, 0.15) is 0 Å². The molecule has 1 N–H and O–H groups in total. The third-order valence-electron chi connectivity index (χ3n) is 6.03. The quantitative estimate of drug-likeness (QED) is 0.471. The first-order valence-electron chi connectivity index (χ1n) is 10.6. The highest BCUT2D eigenvalue weighted by atomic mass is 32.2. The number of amides is 2. The summed E-state index contributed by atoms with van der Waals surface area (Å²) >= 11 is 1.94. The molecule has 5 nitrogen and oxygen atoms in total. The molecule has 4 rings (SSSR count). The van der Waals surface area contributed by atoms with Crippen molar-refractivity contribution < 1.29 is 14.7 Å². The van der Waals surface area contributed by atoms with Crippen LogP contribution in [0.5, 0.6) is 0 Å². The van der Waals surface area contributed by atoms with E-state index in [9.17, 15) is 9.59 Å². The molecule has 2 aromatic carbocycles. The Morgan fingerprint density at radius 2 is 1.53 bits per heavy atom. The van der Waals surface area contributed by atoms with Crippen LogP contribution in [-0.4, -0.2) is 50.0 Å². The highest BCUT2D eigenvalue weighted by Crippen LogP contribution is 2.42. The minimum Gasteiger partial charge on any atom is -0.481 e. The number of hydrogen-bond acceptors (Lipinski definition) is 3. The zero-order valence-corrected chi connectivity index (χ0v) is 17.8. The maximum absolute atomic E-state index is 13.5. The standard InChI is InChI=1S/C24H28N2O3S/c27-22(28)14-8-7-13-21-23-20(17-30-21)25(15-18-9-3-1-4-10-18)24(29)26(23)16-19-11-5-2-6-12-19/h1-6,9-12,20-21,23H,7-8,13-17H2,(H,27,28)/t20-,21?,23-/m0/s1. The van der Waals surface area contributed by atoms with Gasteiger partial charge in [-0.15, -0.1) is 0 Å². The lowest BCUT2D eigenvalue weighted by molar-refractivity contribution is -0.137. The van der Waals surface area contributed by atoms with Crippen molar-refractivity contribution >= 4 is 23.8 Å². The number of fused-ring (bicyclic) bond motifs is 1. The fraction of sp³-hybridized carbons (Fsp3) is 0.417. The van der Waals surface area contributed by atoms with Gasteiger partial charge in [-0.25, -0.2) is 4.79 Å². The van der Waals surface area contributed by atoms with E-state index < -0.39 is 5.97 Å². The summed E-state index contributed by atoms with van der Waals surface area (Å²) in [6, 6.07) is 20.9. The zero-order chi connectivity index (χ0) is 20.9. The number of rotatable bonds is 9. The minimum atomic E-state index is -0.734. The van der Waals surface area contributed by atoms with Crippen LogP contribution in [-0.2, 0) is 17.9 Å². The number of carboxylic acid groups (broad SMARTS) is 1. The average molecular weight is 425 g/mol. The number of carbonyl (C=O) groups is 2. The summed E-state index contributed by atoms with van der Waals surface area (Å²) in [7, 11) is 0. The first-order valence-corrected chi connectivity index (χ1v) is 11.7. The van der Waals surface area contributed by atoms with E-state index in [4.69, 9.17) is 5.11 Å². The number of hydrogen-bond donors (Lipinski definition) is 1. The molecule has 6 heteroatoms. The number of nitrogens with zero attached hydrogens (tertiary/aromatic N) is 2. The van der Waals surface area contributed by atoms with Gasteiger partial charge in [0.2, 0.25) is 0 Å². The molecule has 2 aliphatic heterocycles. The number of thioether (sulfide) groups is 1. The molecule has 158 valence electrons. The van der Waals surface area contributed by atoms with E-state index in [1.54, 1.807) is 0 Å². The number of unbranched alkanes of at least 4 members (excludes halogenated alkanes) is 1. The monoisotopic (exact) mass is 424 g/mol. The Hall–Kier alpha value is -2.47. The predicted molar refractivity (Wildman–Crippen MR) is 119 cm³/mol. The predicted octanol–water partition coefficient (Wildman–Crippen LogP) is 4.62. The third kappa shape index (κ3) is 4.64. The lowest BCUT2D eigenvalue weighted by Gasteiger charge is -2.27. The van der Waals surface area contributed by atoms with E-state index >= 15 is 0 Å². The van der Waals surface area contributed by atoms with Crippen molar-refractivity contribution in [3.63, 3.8) is 0 Å². The van der Waals surface area contributed by atoms with Crippen LogP contribution in [0.25, 0.3) is 0 Å². The minimum absolute atomic E-state index is 0.119. The summed E-state index contributed by atoms with van der Waals surface area (Å²) in [5.74, 6) is 0.209. The molecule has 2 aromatic rings. The summed E-state index contributed by atoms with van der Waals surface area (Å²) in [5.41, 5.74) is 2.30. The second-order valence-electron chi connectivity index (χ2n) is 8.08. The van der Waals surface area contributed by atoms with Crippen LogP contribution < -0.4 is 0 Å². The number of urea groups is 1. The molecule has 0 radical (unpaired) electrons. The lowest BCUT2D eigenvalue weighted by atomic mass is 10.0. The number of carboxylic acids is 1. The van der Waals surface area contributed by atoms with Gasteiger partial charge in [0, 0.05) is 30.5 Å². The van der Waals surface area contributed by atoms with E-state index in [1.807, 2.05) is 53.1 Å². The second kappa shape index (κ2) is 9.56. The Morgan fingerprint density at radius 3 is 2.13 bits per heavy atom. The van der Waals surface area contributed by atoms with Gasteiger partial charge in [0.15, 0.2) is 0 Å². The van der Waals surface area contributed by atoms with Gasteiger partial charge < -0.3 is 14.9 Å². The van der Waals surface area contributed by atoms with E-state index in [2.05, 4.69) is 29.2 Å². The smallest absolute Gasteiger partial charge is 0.321 e. The molecule has 30 heavy (non-hydrogen) atoms. The van der Waals surface area contributed by atoms with Crippen LogP contribution in [0.15, 0.2) is 60.7 Å². The third-order valence-corrected chi connectivity index (χ3v) is 7.51. The topological polar surface area (TPSA) is 60.9 Å². The fourth-order valence-electron chi connectivity index (χ4n) is 4.58. The maximum atomic E-state index is 13.5. The van der Waals surface area contributed by atoms with Crippen LogP contribution >= 0.6 is 11.8 Å². The Labute approximate surface area is 182 Å². The van der Waals surface area contributed by atoms with Gasteiger partial charge in [0.05, 0.1) is 12.1 Å². The zero-order valence-electron chi connectivity index (χ0n) is 17.0. The summed E-state index contributed by atoms with van der Waals surface area (Å²) in [6.45, 7) is 1.26. The summed E-state index contributed by atoms with van der Waals surface area (Å²) in [4.78, 5) is 28.4. The highest BCUT2D eigenvalue weighted by Gasteiger charge is 2.52. The van der Waals surface area contributed by atoms with Gasteiger partial charge in [-0.2, -0.15) is 11.8 Å². The molecule has 2 amide bonds. The Kier molecular flexibility index (Phi) is 6.62. The summed E-state index contributed by atoms with van der Waals surface area (Å²) in [5, 5.41) is 9.27. The van der Waals surface area contributed by atoms with Crippen molar-refractivity contribution in [3.8, 4) is 0 Å². The first kappa shape index (κ1) is 20.8. The molecule has 2 heterocycles. The highest BCUT2D eigenvalue weighted by molar-refractivity contribution is 8.00. The van der Waals surface area contributed by atoms with Crippen LogP contribution in [0.3, 0.4) is 0 Å². The first-order chi connectivity index (χ1) is 14.6. The Bertz CT molecular complexity index is 861. The van der Waals surface area contributed by atoms with Crippen molar-refractivity contribution in [2.45, 2.75) is 56.1 Å². The normalized spacial score (nSPS) is 23.1. The lowest BCUT2D eigenvalue weighted by Crippen LogP contribution is -2.40. The molecule has 0 bridgehead atoms. The van der Waals surface area contributed by atoms with E-state index in [0.717, 1.165) is 29.7 Å². The van der Waals surface area contributed by atoms with Gasteiger partial charge in [-0.3, -0.25) is 4.79 Å². The SMILES string of the molecule is O=C(O)CCCCC1SC[C@H]2[C@@H]1N(Cc1ccccc1)C(=O)N2Cc1ccccc1. The van der Waals surface area contributed by atoms with Gasteiger partial charge in [-0.05, 0) is 24.0 Å².